The van der Waals surface area contributed by atoms with Crippen molar-refractivity contribution in [2.45, 2.75) is 46.0 Å². The molecule has 4 rings (SSSR count). The van der Waals surface area contributed by atoms with Crippen molar-refractivity contribution in [1.29, 1.82) is 0 Å². The number of fused-ring (bicyclic) bond motifs is 2. The van der Waals surface area contributed by atoms with Gasteiger partial charge in [0.2, 0.25) is 0 Å². The first-order valence-electron chi connectivity index (χ1n) is 11.4. The number of unbranched alkanes of at least 4 members (excludes halogenated alkanes) is 1. The van der Waals surface area contributed by atoms with Gasteiger partial charge >= 0.3 is 0 Å². The quantitative estimate of drug-likeness (QED) is 0.428. The molecule has 1 aliphatic carbocycles. The van der Waals surface area contributed by atoms with E-state index in [1.165, 1.54) is 0 Å². The number of H-pyrrole nitrogens is 1. The van der Waals surface area contributed by atoms with E-state index in [0.717, 1.165) is 54.7 Å². The van der Waals surface area contributed by atoms with E-state index < -0.39 is 0 Å². The highest BCUT2D eigenvalue weighted by Gasteiger charge is 2.25. The zero-order chi connectivity index (χ0) is 22.7. The van der Waals surface area contributed by atoms with Gasteiger partial charge in [0.05, 0.1) is 17.0 Å². The molecule has 32 heavy (non-hydrogen) atoms. The average molecular weight is 432 g/mol. The maximum Gasteiger partial charge on any atom is 0.258 e. The van der Waals surface area contributed by atoms with Crippen LogP contribution in [0.4, 0.5) is 15.8 Å². The Bertz CT molecular complexity index is 1190. The average Bonchev–Trinajstić information content (AvgIpc) is 2.93. The molecule has 0 radical (unpaired) electrons. The lowest BCUT2D eigenvalue weighted by Crippen LogP contribution is -2.27. The highest BCUT2D eigenvalue weighted by atomic mass is 19.1. The molecular weight excluding hydrogens is 401 g/mol. The second-order valence-corrected chi connectivity index (χ2v) is 8.58. The smallest absolute Gasteiger partial charge is 0.258 e. The van der Waals surface area contributed by atoms with E-state index in [-0.39, 0.29) is 11.4 Å². The Labute approximate surface area is 188 Å². The first-order chi connectivity index (χ1) is 15.5. The molecule has 0 spiro atoms. The summed E-state index contributed by atoms with van der Waals surface area (Å²) in [6.07, 6.45) is 4.13. The van der Waals surface area contributed by atoms with Crippen LogP contribution in [-0.2, 0) is 6.42 Å². The van der Waals surface area contributed by atoms with Crippen LogP contribution in [0, 0.1) is 5.82 Å². The molecule has 0 fully saturated rings. The Kier molecular flexibility index (Phi) is 6.54. The minimum absolute atomic E-state index is 0.170. The Morgan fingerprint density at radius 2 is 1.97 bits per heavy atom. The Balaban J connectivity index is 1.76. The van der Waals surface area contributed by atoms with Crippen molar-refractivity contribution in [3.8, 4) is 11.3 Å². The maximum absolute atomic E-state index is 15.8. The molecule has 0 atom stereocenters. The first-order valence-corrected chi connectivity index (χ1v) is 11.4. The largest absolute Gasteiger partial charge is 0.369 e. The summed E-state index contributed by atoms with van der Waals surface area (Å²) in [7, 11) is 0. The summed E-state index contributed by atoms with van der Waals surface area (Å²) >= 11 is 0. The maximum atomic E-state index is 15.8. The molecule has 0 saturated heterocycles. The van der Waals surface area contributed by atoms with Crippen molar-refractivity contribution in [1.82, 2.24) is 4.98 Å². The lowest BCUT2D eigenvalue weighted by Gasteiger charge is -2.27. The van der Waals surface area contributed by atoms with Crippen LogP contribution in [0.2, 0.25) is 0 Å². The van der Waals surface area contributed by atoms with Crippen molar-refractivity contribution >= 4 is 17.1 Å². The van der Waals surface area contributed by atoms with Crippen molar-refractivity contribution in [3.63, 3.8) is 0 Å². The third-order valence-electron chi connectivity index (χ3n) is 6.06. The van der Waals surface area contributed by atoms with E-state index in [0.29, 0.717) is 35.5 Å². The molecule has 0 amide bonds. The van der Waals surface area contributed by atoms with Gasteiger partial charge in [0.25, 0.3) is 5.56 Å². The standard InChI is InChI=1S/C27H30FN3O/c1-4-5-16-31(17-15-18(2)3)23-14-12-19-11-13-22(29-26(19)25(23)28)24-20-9-7-6-8-10-21(20)30-27(24)32/h6-10,12,14H,2,4-5,11,13,15-17H2,1,3H3,(H,30,32). The van der Waals surface area contributed by atoms with E-state index in [1.807, 2.05) is 49.4 Å². The monoisotopic (exact) mass is 431 g/mol. The number of aryl methyl sites for hydroxylation is 1. The Hall–Kier alpha value is -3.21. The molecule has 5 heteroatoms. The molecule has 2 aliphatic heterocycles. The van der Waals surface area contributed by atoms with E-state index in [4.69, 9.17) is 4.99 Å². The van der Waals surface area contributed by atoms with E-state index in [9.17, 15) is 4.79 Å². The molecule has 166 valence electrons. The minimum atomic E-state index is -0.296. The highest BCUT2D eigenvalue weighted by Crippen LogP contribution is 2.37. The predicted octanol–water partition coefficient (Wildman–Crippen LogP) is 6.26. The number of aliphatic imine (C=N–C) groups is 1. The van der Waals surface area contributed by atoms with Crippen molar-refractivity contribution in [2.24, 2.45) is 4.99 Å². The van der Waals surface area contributed by atoms with Crippen LogP contribution in [0.15, 0.2) is 64.4 Å². The van der Waals surface area contributed by atoms with Gasteiger partial charge in [-0.1, -0.05) is 49.2 Å². The molecular formula is C27H30FN3O. The third-order valence-corrected chi connectivity index (χ3v) is 6.06. The second-order valence-electron chi connectivity index (χ2n) is 8.58. The Morgan fingerprint density at radius 3 is 2.75 bits per heavy atom. The number of hydrogen-bond acceptors (Lipinski definition) is 3. The van der Waals surface area contributed by atoms with Crippen LogP contribution < -0.4 is 10.5 Å². The van der Waals surface area contributed by atoms with E-state index in [2.05, 4.69) is 23.4 Å². The number of aromatic amines is 1. The summed E-state index contributed by atoms with van der Waals surface area (Å²) in [6, 6.07) is 13.4. The van der Waals surface area contributed by atoms with Crippen LogP contribution in [0.5, 0.6) is 0 Å². The molecule has 2 heterocycles. The summed E-state index contributed by atoms with van der Waals surface area (Å²) in [4.78, 5) is 22.5. The summed E-state index contributed by atoms with van der Waals surface area (Å²) in [5.74, 6) is -0.296. The molecule has 4 nitrogen and oxygen atoms in total. The number of rotatable bonds is 8. The lowest BCUT2D eigenvalue weighted by atomic mass is 9.95. The molecule has 1 aromatic rings. The normalized spacial score (nSPS) is 13.0. The fourth-order valence-corrected chi connectivity index (χ4v) is 4.28. The van der Waals surface area contributed by atoms with Crippen molar-refractivity contribution in [3.05, 3.63) is 81.9 Å². The van der Waals surface area contributed by atoms with Crippen molar-refractivity contribution in [2.75, 3.05) is 18.0 Å². The van der Waals surface area contributed by atoms with Gasteiger partial charge in [0, 0.05) is 24.3 Å². The van der Waals surface area contributed by atoms with Gasteiger partial charge in [-0.3, -0.25) is 4.79 Å². The van der Waals surface area contributed by atoms with Crippen molar-refractivity contribution < 1.29 is 4.39 Å². The number of hydrogen-bond donors (Lipinski definition) is 1. The summed E-state index contributed by atoms with van der Waals surface area (Å²) in [6.45, 7) is 9.65. The molecule has 0 unspecified atom stereocenters. The summed E-state index contributed by atoms with van der Waals surface area (Å²) in [5, 5.41) is 0. The summed E-state index contributed by atoms with van der Waals surface area (Å²) in [5.41, 5.74) is 5.55. The SMILES string of the molecule is C=C(C)CCN(CCCC)c1ccc2c(c1F)N=C(c1c3cccccc-3[nH]c1=O)CC2. The van der Waals surface area contributed by atoms with Gasteiger partial charge in [-0.25, -0.2) is 9.38 Å². The number of aromatic nitrogens is 1. The first kappa shape index (κ1) is 22.0. The molecule has 1 N–H and O–H groups in total. The van der Waals surface area contributed by atoms with Gasteiger partial charge in [-0.2, -0.15) is 0 Å². The van der Waals surface area contributed by atoms with Gasteiger partial charge in [-0.15, -0.1) is 6.58 Å². The van der Waals surface area contributed by atoms with Crippen LogP contribution in [0.1, 0.15) is 50.7 Å². The van der Waals surface area contributed by atoms with Crippen LogP contribution in [0.3, 0.4) is 0 Å². The molecule has 0 saturated carbocycles. The minimum Gasteiger partial charge on any atom is -0.369 e. The number of anilines is 1. The van der Waals surface area contributed by atoms with E-state index >= 15 is 4.39 Å². The molecule has 0 bridgehead atoms. The topological polar surface area (TPSA) is 48.5 Å². The fraction of sp³-hybridized carbons (Fsp3) is 0.333. The number of nitrogens with one attached hydrogen (secondary N) is 1. The lowest BCUT2D eigenvalue weighted by molar-refractivity contribution is 0.609. The van der Waals surface area contributed by atoms with Crippen LogP contribution in [0.25, 0.3) is 11.3 Å². The zero-order valence-electron chi connectivity index (χ0n) is 18.9. The number of nitrogens with zero attached hydrogens (tertiary/aromatic N) is 2. The van der Waals surface area contributed by atoms with Gasteiger partial charge in [0.15, 0.2) is 5.82 Å². The molecule has 0 aromatic heterocycles. The van der Waals surface area contributed by atoms with Gasteiger partial charge < -0.3 is 9.88 Å². The Morgan fingerprint density at radius 1 is 1.16 bits per heavy atom. The number of halogens is 1. The van der Waals surface area contributed by atoms with Crippen LogP contribution >= 0.6 is 0 Å². The third kappa shape index (κ3) is 4.38. The zero-order valence-corrected chi connectivity index (χ0v) is 18.9. The van der Waals surface area contributed by atoms with Gasteiger partial charge in [0.1, 0.15) is 5.69 Å². The highest BCUT2D eigenvalue weighted by molar-refractivity contribution is 6.08. The van der Waals surface area contributed by atoms with Crippen LogP contribution in [-0.4, -0.2) is 23.8 Å². The predicted molar refractivity (Wildman–Crippen MR) is 131 cm³/mol. The molecule has 3 aliphatic rings. The van der Waals surface area contributed by atoms with Gasteiger partial charge in [-0.05, 0) is 50.3 Å². The molecule has 1 aromatic carbocycles. The van der Waals surface area contributed by atoms with E-state index in [1.54, 1.807) is 0 Å². The second kappa shape index (κ2) is 9.51. The fourth-order valence-electron chi connectivity index (χ4n) is 4.28. The number of benzene rings is 1. The summed E-state index contributed by atoms with van der Waals surface area (Å²) < 4.78 is 15.8.